The predicted molar refractivity (Wildman–Crippen MR) is 45.4 cm³/mol. The Kier molecular flexibility index (Phi) is 2.40. The van der Waals surface area contributed by atoms with E-state index < -0.39 is 5.91 Å². The van der Waals surface area contributed by atoms with Crippen molar-refractivity contribution in [2.45, 2.75) is 0 Å². The molecule has 0 radical (unpaired) electrons. The van der Waals surface area contributed by atoms with Crippen molar-refractivity contribution in [1.29, 1.82) is 0 Å². The lowest BCUT2D eigenvalue weighted by atomic mass is 10.2. The molecule has 0 aliphatic carbocycles. The molecule has 0 unspecified atom stereocenters. The maximum atomic E-state index is 10.6. The van der Waals surface area contributed by atoms with Crippen molar-refractivity contribution in [3.05, 3.63) is 33.7 Å². The highest BCUT2D eigenvalue weighted by atomic mass is 35.5. The van der Waals surface area contributed by atoms with Crippen LogP contribution in [0, 0.1) is 4.91 Å². The summed E-state index contributed by atoms with van der Waals surface area (Å²) in [5, 5.41) is 2.90. The van der Waals surface area contributed by atoms with Gasteiger partial charge in [-0.25, -0.2) is 0 Å². The third-order valence-corrected chi connectivity index (χ3v) is 1.49. The summed E-state index contributed by atoms with van der Waals surface area (Å²) >= 11 is 5.57. The number of halogens is 1. The van der Waals surface area contributed by atoms with Gasteiger partial charge in [-0.1, -0.05) is 11.6 Å². The Morgan fingerprint density at radius 2 is 2.08 bits per heavy atom. The number of primary amides is 1. The van der Waals surface area contributed by atoms with Crippen LogP contribution in [0.3, 0.4) is 0 Å². The number of carbonyl (C=O) groups is 1. The number of hydrogen-bond donors (Lipinski definition) is 1. The molecule has 4 nitrogen and oxygen atoms in total. The Labute approximate surface area is 73.3 Å². The van der Waals surface area contributed by atoms with Crippen molar-refractivity contribution in [3.63, 3.8) is 0 Å². The summed E-state index contributed by atoms with van der Waals surface area (Å²) in [5.74, 6) is -0.637. The topological polar surface area (TPSA) is 72.5 Å². The maximum Gasteiger partial charge on any atom is 0.248 e. The fourth-order valence-corrected chi connectivity index (χ4v) is 0.998. The first-order valence-electron chi connectivity index (χ1n) is 3.07. The minimum Gasteiger partial charge on any atom is -0.366 e. The monoisotopic (exact) mass is 184 g/mol. The van der Waals surface area contributed by atoms with E-state index in [0.717, 1.165) is 0 Å². The molecule has 0 saturated carbocycles. The molecule has 0 spiro atoms. The van der Waals surface area contributed by atoms with Gasteiger partial charge in [0, 0.05) is 10.6 Å². The number of rotatable bonds is 2. The quantitative estimate of drug-likeness (QED) is 0.713. The molecule has 1 amide bonds. The van der Waals surface area contributed by atoms with Crippen LogP contribution < -0.4 is 5.73 Å². The molecule has 0 heterocycles. The summed E-state index contributed by atoms with van der Waals surface area (Å²) in [5.41, 5.74) is 5.24. The molecule has 2 N–H and O–H groups in total. The van der Waals surface area contributed by atoms with Crippen LogP contribution in [-0.4, -0.2) is 5.91 Å². The van der Waals surface area contributed by atoms with Crippen LogP contribution in [0.2, 0.25) is 5.02 Å². The highest BCUT2D eigenvalue weighted by molar-refractivity contribution is 6.31. The number of nitrogens with zero attached hydrogens (tertiary/aromatic N) is 1. The molecule has 0 fully saturated rings. The molecule has 0 aliphatic rings. The van der Waals surface area contributed by atoms with Crippen molar-refractivity contribution in [1.82, 2.24) is 0 Å². The summed E-state index contributed by atoms with van der Waals surface area (Å²) in [6.45, 7) is 0. The molecule has 1 aromatic rings. The average molecular weight is 185 g/mol. The zero-order valence-electron chi connectivity index (χ0n) is 5.95. The van der Waals surface area contributed by atoms with E-state index in [1.165, 1.54) is 18.2 Å². The third-order valence-electron chi connectivity index (χ3n) is 1.27. The van der Waals surface area contributed by atoms with E-state index in [-0.39, 0.29) is 16.3 Å². The van der Waals surface area contributed by atoms with Crippen molar-refractivity contribution < 1.29 is 4.79 Å². The molecule has 1 aromatic carbocycles. The first-order chi connectivity index (χ1) is 5.63. The molecule has 0 bridgehead atoms. The lowest BCUT2D eigenvalue weighted by Gasteiger charge is -1.96. The van der Waals surface area contributed by atoms with Gasteiger partial charge in [-0.15, -0.1) is 4.91 Å². The molecule has 5 heteroatoms. The fourth-order valence-electron chi connectivity index (χ4n) is 0.769. The molecule has 0 saturated heterocycles. The summed E-state index contributed by atoms with van der Waals surface area (Å²) < 4.78 is 0. The van der Waals surface area contributed by atoms with Gasteiger partial charge in [-0.3, -0.25) is 4.79 Å². The van der Waals surface area contributed by atoms with Crippen LogP contribution in [0.1, 0.15) is 10.4 Å². The van der Waals surface area contributed by atoms with E-state index in [9.17, 15) is 9.70 Å². The maximum absolute atomic E-state index is 10.6. The van der Waals surface area contributed by atoms with Gasteiger partial charge in [0.2, 0.25) is 5.91 Å². The second kappa shape index (κ2) is 3.32. The zero-order chi connectivity index (χ0) is 9.14. The summed E-state index contributed by atoms with van der Waals surface area (Å²) in [6, 6.07) is 4.00. The lowest BCUT2D eigenvalue weighted by molar-refractivity contribution is 0.100. The van der Waals surface area contributed by atoms with E-state index in [1.54, 1.807) is 0 Å². The van der Waals surface area contributed by atoms with E-state index >= 15 is 0 Å². The van der Waals surface area contributed by atoms with Crippen LogP contribution in [0.15, 0.2) is 23.4 Å². The van der Waals surface area contributed by atoms with Gasteiger partial charge < -0.3 is 5.73 Å². The van der Waals surface area contributed by atoms with E-state index in [4.69, 9.17) is 17.3 Å². The Morgan fingerprint density at radius 3 is 2.58 bits per heavy atom. The van der Waals surface area contributed by atoms with E-state index in [2.05, 4.69) is 5.18 Å². The predicted octanol–water partition coefficient (Wildman–Crippen LogP) is 1.84. The van der Waals surface area contributed by atoms with E-state index in [1.807, 2.05) is 0 Å². The van der Waals surface area contributed by atoms with Gasteiger partial charge in [0.05, 0.1) is 0 Å². The first-order valence-corrected chi connectivity index (χ1v) is 3.45. The Balaban J connectivity index is 3.23. The van der Waals surface area contributed by atoms with Gasteiger partial charge in [0.15, 0.2) is 0 Å². The number of benzene rings is 1. The molecule has 0 aliphatic heterocycles. The van der Waals surface area contributed by atoms with Crippen molar-refractivity contribution in [2.75, 3.05) is 0 Å². The van der Waals surface area contributed by atoms with Crippen LogP contribution in [0.4, 0.5) is 5.69 Å². The summed E-state index contributed by atoms with van der Waals surface area (Å²) in [7, 11) is 0. The Morgan fingerprint density at radius 1 is 1.42 bits per heavy atom. The number of amides is 1. The molecular weight excluding hydrogens is 180 g/mol. The molecule has 1 rings (SSSR count). The fraction of sp³-hybridized carbons (Fsp3) is 0. The van der Waals surface area contributed by atoms with Gasteiger partial charge in [-0.05, 0) is 23.4 Å². The summed E-state index contributed by atoms with van der Waals surface area (Å²) in [6.07, 6.45) is 0. The number of nitroso groups, excluding NO2 is 1. The average Bonchev–Trinajstić information content (AvgIpc) is 2.03. The number of hydrogen-bond acceptors (Lipinski definition) is 3. The number of carbonyl (C=O) groups excluding carboxylic acids is 1. The highest BCUT2D eigenvalue weighted by Gasteiger charge is 2.03. The van der Waals surface area contributed by atoms with Gasteiger partial charge in [0.1, 0.15) is 5.69 Å². The standard InChI is InChI=1S/C7H5ClN2O2/c8-5-1-4(7(9)11)2-6(3-5)10-12/h1-3H,(H2,9,11). The van der Waals surface area contributed by atoms with Crippen LogP contribution in [0.5, 0.6) is 0 Å². The van der Waals surface area contributed by atoms with Crippen molar-refractivity contribution >= 4 is 23.2 Å². The minimum absolute atomic E-state index is 0.0938. The van der Waals surface area contributed by atoms with Gasteiger partial charge >= 0.3 is 0 Å². The largest absolute Gasteiger partial charge is 0.366 e. The van der Waals surface area contributed by atoms with E-state index in [0.29, 0.717) is 0 Å². The van der Waals surface area contributed by atoms with Crippen molar-refractivity contribution in [2.24, 2.45) is 10.9 Å². The normalized spacial score (nSPS) is 9.42. The smallest absolute Gasteiger partial charge is 0.248 e. The second-order valence-electron chi connectivity index (χ2n) is 2.15. The molecule has 12 heavy (non-hydrogen) atoms. The van der Waals surface area contributed by atoms with Gasteiger partial charge in [0.25, 0.3) is 0 Å². The molecule has 0 atom stereocenters. The lowest BCUT2D eigenvalue weighted by Crippen LogP contribution is -2.10. The Hall–Kier alpha value is -1.42. The Bertz CT molecular complexity index is 338. The molecular formula is C7H5ClN2O2. The minimum atomic E-state index is -0.637. The SMILES string of the molecule is NC(=O)c1cc(Cl)cc(N=O)c1. The van der Waals surface area contributed by atoms with Crippen molar-refractivity contribution in [3.8, 4) is 0 Å². The third kappa shape index (κ3) is 1.79. The number of nitrogens with two attached hydrogens (primary N) is 1. The zero-order valence-corrected chi connectivity index (χ0v) is 6.71. The van der Waals surface area contributed by atoms with Crippen LogP contribution in [0.25, 0.3) is 0 Å². The molecule has 62 valence electrons. The van der Waals surface area contributed by atoms with Gasteiger partial charge in [-0.2, -0.15) is 0 Å². The molecule has 0 aromatic heterocycles. The highest BCUT2D eigenvalue weighted by Crippen LogP contribution is 2.20. The van der Waals surface area contributed by atoms with Crippen LogP contribution in [-0.2, 0) is 0 Å². The first kappa shape index (κ1) is 8.67. The second-order valence-corrected chi connectivity index (χ2v) is 2.59. The van der Waals surface area contributed by atoms with Crippen LogP contribution >= 0.6 is 11.6 Å². The summed E-state index contributed by atoms with van der Waals surface area (Å²) in [4.78, 5) is 20.7.